The van der Waals surface area contributed by atoms with Crippen molar-refractivity contribution in [2.24, 2.45) is 0 Å². The van der Waals surface area contributed by atoms with Gasteiger partial charge in [0.05, 0.1) is 52.9 Å². The van der Waals surface area contributed by atoms with Crippen LogP contribution in [0.15, 0.2) is 0 Å². The van der Waals surface area contributed by atoms with Crippen molar-refractivity contribution in [3.63, 3.8) is 0 Å². The fourth-order valence-corrected chi connectivity index (χ4v) is 2.79. The van der Waals surface area contributed by atoms with Crippen LogP contribution in [0.5, 0.6) is 0 Å². The maximum absolute atomic E-state index is 5.60. The third kappa shape index (κ3) is 26.1. The van der Waals surface area contributed by atoms with Gasteiger partial charge >= 0.3 is 0 Å². The van der Waals surface area contributed by atoms with Crippen LogP contribution >= 0.6 is 12.6 Å². The summed E-state index contributed by atoms with van der Waals surface area (Å²) in [6.45, 7) is 8.82. The molecule has 0 fully saturated rings. The van der Waals surface area contributed by atoms with Crippen LogP contribution in [0.3, 0.4) is 0 Å². The fourth-order valence-electron chi connectivity index (χ4n) is 2.66. The Bertz CT molecular complexity index is 243. The average Bonchev–Trinajstić information content (AvgIpc) is 2.71. The van der Waals surface area contributed by atoms with Gasteiger partial charge in [0.15, 0.2) is 0 Å². The van der Waals surface area contributed by atoms with Gasteiger partial charge in [0, 0.05) is 13.2 Å². The Kier molecular flexibility index (Phi) is 27.3. The lowest BCUT2D eigenvalue weighted by molar-refractivity contribution is -0.0111. The van der Waals surface area contributed by atoms with Crippen molar-refractivity contribution in [2.75, 3.05) is 71.8 Å². The second-order valence-electron chi connectivity index (χ2n) is 6.97. The highest BCUT2D eigenvalue weighted by Crippen LogP contribution is 2.09. The molecule has 0 amide bonds. The number of unbranched alkanes of at least 4 members (excludes halogenated alkanes) is 8. The van der Waals surface area contributed by atoms with Crippen molar-refractivity contribution in [3.05, 3.63) is 0 Å². The zero-order valence-corrected chi connectivity index (χ0v) is 19.2. The smallest absolute Gasteiger partial charge is 0.0701 e. The van der Waals surface area contributed by atoms with E-state index in [4.69, 9.17) is 23.7 Å². The van der Waals surface area contributed by atoms with E-state index in [0.29, 0.717) is 52.9 Å². The number of hydrogen-bond acceptors (Lipinski definition) is 6. The molecule has 5 nitrogen and oxygen atoms in total. The molecule has 0 saturated carbocycles. The van der Waals surface area contributed by atoms with Gasteiger partial charge in [-0.2, -0.15) is 12.6 Å². The molecule has 0 radical (unpaired) electrons. The predicted octanol–water partition coefficient (Wildman–Crippen LogP) is 4.92. The van der Waals surface area contributed by atoms with E-state index in [1.54, 1.807) is 0 Å². The molecule has 170 valence electrons. The normalized spacial score (nSPS) is 11.4. The topological polar surface area (TPSA) is 46.2 Å². The molecule has 0 atom stereocenters. The first kappa shape index (κ1) is 28.1. The maximum atomic E-state index is 5.60. The molecule has 0 aliphatic heterocycles. The summed E-state index contributed by atoms with van der Waals surface area (Å²) in [4.78, 5) is 0. The molecule has 0 heterocycles. The molecule has 0 aromatic carbocycles. The minimum atomic E-state index is 0.592. The molecule has 0 unspecified atom stereocenters. The van der Waals surface area contributed by atoms with Crippen molar-refractivity contribution in [1.82, 2.24) is 0 Å². The SMILES string of the molecule is CCCCCCCCCCCOCCOCCOCCOCCOCCCS. The van der Waals surface area contributed by atoms with Gasteiger partial charge in [-0.15, -0.1) is 0 Å². The van der Waals surface area contributed by atoms with E-state index < -0.39 is 0 Å². The van der Waals surface area contributed by atoms with E-state index in [-0.39, 0.29) is 0 Å². The molecule has 0 aromatic rings. The molecule has 28 heavy (non-hydrogen) atoms. The highest BCUT2D eigenvalue weighted by atomic mass is 32.1. The zero-order chi connectivity index (χ0) is 20.4. The van der Waals surface area contributed by atoms with Gasteiger partial charge < -0.3 is 23.7 Å². The summed E-state index contributed by atoms with van der Waals surface area (Å²) < 4.78 is 27.3. The van der Waals surface area contributed by atoms with Crippen LogP contribution < -0.4 is 0 Å². The molecule has 0 aliphatic carbocycles. The number of rotatable bonds is 25. The molecule has 0 aromatic heterocycles. The summed E-state index contributed by atoms with van der Waals surface area (Å²) in [5.74, 6) is 0.863. The Morgan fingerprint density at radius 2 is 0.714 bits per heavy atom. The van der Waals surface area contributed by atoms with Crippen molar-refractivity contribution in [3.8, 4) is 0 Å². The molecule has 0 rings (SSSR count). The van der Waals surface area contributed by atoms with Crippen molar-refractivity contribution in [2.45, 2.75) is 71.1 Å². The molecular weight excluding hydrogens is 376 g/mol. The Morgan fingerprint density at radius 3 is 1.11 bits per heavy atom. The number of hydrogen-bond donors (Lipinski definition) is 1. The van der Waals surface area contributed by atoms with E-state index in [1.807, 2.05) is 0 Å². The molecule has 0 aliphatic rings. The number of ether oxygens (including phenoxy) is 5. The third-order valence-electron chi connectivity index (χ3n) is 4.33. The molecule has 0 saturated heterocycles. The summed E-state index contributed by atoms with van der Waals surface area (Å²) in [6, 6.07) is 0. The summed E-state index contributed by atoms with van der Waals surface area (Å²) in [5.41, 5.74) is 0. The first-order valence-electron chi connectivity index (χ1n) is 11.4. The highest BCUT2D eigenvalue weighted by molar-refractivity contribution is 7.80. The monoisotopic (exact) mass is 422 g/mol. The maximum Gasteiger partial charge on any atom is 0.0701 e. The minimum absolute atomic E-state index is 0.592. The van der Waals surface area contributed by atoms with Crippen molar-refractivity contribution >= 4 is 12.6 Å². The van der Waals surface area contributed by atoms with E-state index in [2.05, 4.69) is 19.6 Å². The van der Waals surface area contributed by atoms with E-state index in [9.17, 15) is 0 Å². The van der Waals surface area contributed by atoms with Gasteiger partial charge in [0.2, 0.25) is 0 Å². The second-order valence-corrected chi connectivity index (χ2v) is 7.41. The van der Waals surface area contributed by atoms with Crippen LogP contribution in [0, 0.1) is 0 Å². The standard InChI is InChI=1S/C22H46O5S/c1-2-3-4-5-6-7-8-9-10-12-23-14-16-25-18-20-27-21-19-26-17-15-24-13-11-22-28/h28H,2-22H2,1H3. The summed E-state index contributed by atoms with van der Waals surface area (Å²) >= 11 is 4.13. The quantitative estimate of drug-likeness (QED) is 0.167. The fraction of sp³-hybridized carbons (Fsp3) is 1.00. The summed E-state index contributed by atoms with van der Waals surface area (Å²) in [6.07, 6.45) is 13.1. The largest absolute Gasteiger partial charge is 0.379 e. The van der Waals surface area contributed by atoms with E-state index >= 15 is 0 Å². The molecule has 0 spiro atoms. The van der Waals surface area contributed by atoms with Gasteiger partial charge in [-0.05, 0) is 18.6 Å². The lowest BCUT2D eigenvalue weighted by Crippen LogP contribution is -2.13. The Morgan fingerprint density at radius 1 is 0.393 bits per heavy atom. The Labute approximate surface area is 179 Å². The average molecular weight is 423 g/mol. The Hall–Kier alpha value is 0.150. The van der Waals surface area contributed by atoms with Crippen molar-refractivity contribution < 1.29 is 23.7 Å². The first-order valence-corrected chi connectivity index (χ1v) is 12.0. The summed E-state index contributed by atoms with van der Waals surface area (Å²) in [5, 5.41) is 0. The van der Waals surface area contributed by atoms with Gasteiger partial charge in [0.1, 0.15) is 0 Å². The first-order chi connectivity index (χ1) is 13.9. The summed E-state index contributed by atoms with van der Waals surface area (Å²) in [7, 11) is 0. The van der Waals surface area contributed by atoms with E-state index in [0.717, 1.165) is 31.8 Å². The zero-order valence-electron chi connectivity index (χ0n) is 18.3. The van der Waals surface area contributed by atoms with Gasteiger partial charge in [-0.1, -0.05) is 58.3 Å². The Balaban J connectivity index is 2.96. The van der Waals surface area contributed by atoms with Crippen molar-refractivity contribution in [1.29, 1.82) is 0 Å². The molecule has 0 bridgehead atoms. The minimum Gasteiger partial charge on any atom is -0.379 e. The van der Waals surface area contributed by atoms with Crippen LogP contribution in [0.1, 0.15) is 71.1 Å². The predicted molar refractivity (Wildman–Crippen MR) is 120 cm³/mol. The van der Waals surface area contributed by atoms with E-state index in [1.165, 1.54) is 51.4 Å². The number of thiol groups is 1. The van der Waals surface area contributed by atoms with Gasteiger partial charge in [-0.3, -0.25) is 0 Å². The van der Waals surface area contributed by atoms with Crippen LogP contribution in [-0.2, 0) is 23.7 Å². The van der Waals surface area contributed by atoms with Crippen LogP contribution in [0.25, 0.3) is 0 Å². The molecular formula is C22H46O5S. The molecule has 6 heteroatoms. The van der Waals surface area contributed by atoms with Crippen LogP contribution in [-0.4, -0.2) is 71.8 Å². The van der Waals surface area contributed by atoms with Gasteiger partial charge in [-0.25, -0.2) is 0 Å². The lowest BCUT2D eigenvalue weighted by Gasteiger charge is -2.08. The highest BCUT2D eigenvalue weighted by Gasteiger charge is 1.95. The second kappa shape index (κ2) is 27.1. The molecule has 0 N–H and O–H groups in total. The van der Waals surface area contributed by atoms with Crippen LogP contribution in [0.2, 0.25) is 0 Å². The van der Waals surface area contributed by atoms with Crippen LogP contribution in [0.4, 0.5) is 0 Å². The lowest BCUT2D eigenvalue weighted by atomic mass is 10.1. The third-order valence-corrected chi connectivity index (χ3v) is 4.64. The van der Waals surface area contributed by atoms with Gasteiger partial charge in [0.25, 0.3) is 0 Å².